The van der Waals surface area contributed by atoms with Crippen LogP contribution in [0.15, 0.2) is 18.2 Å². The molecule has 0 aliphatic rings. The quantitative estimate of drug-likeness (QED) is 0.598. The summed E-state index contributed by atoms with van der Waals surface area (Å²) in [6.45, 7) is 2.90. The molecular weight excluding hydrogens is 240 g/mol. The number of aliphatic hydroxyl groups is 1. The minimum Gasteiger partial charge on any atom is -0.481 e. The van der Waals surface area contributed by atoms with Crippen molar-refractivity contribution in [1.82, 2.24) is 0 Å². The van der Waals surface area contributed by atoms with Crippen LogP contribution in [0, 0.1) is 10.1 Å². The third-order valence-corrected chi connectivity index (χ3v) is 2.36. The minimum absolute atomic E-state index is 0.162. The molecule has 0 aliphatic carbocycles. The maximum Gasteiger partial charge on any atom is 0.270 e. The Hall–Kier alpha value is -2.15. The number of primary amides is 1. The van der Waals surface area contributed by atoms with Crippen molar-refractivity contribution in [2.75, 3.05) is 0 Å². The molecule has 0 fully saturated rings. The smallest absolute Gasteiger partial charge is 0.270 e. The summed E-state index contributed by atoms with van der Waals surface area (Å²) in [7, 11) is 0. The second-order valence-corrected chi connectivity index (χ2v) is 3.82. The fraction of sp³-hybridized carbons (Fsp3) is 0.364. The van der Waals surface area contributed by atoms with Crippen molar-refractivity contribution in [2.45, 2.75) is 26.1 Å². The van der Waals surface area contributed by atoms with Crippen LogP contribution in [0.5, 0.6) is 5.75 Å². The van der Waals surface area contributed by atoms with Gasteiger partial charge in [0.05, 0.1) is 11.0 Å². The molecule has 1 amide bonds. The van der Waals surface area contributed by atoms with E-state index < -0.39 is 23.0 Å². The zero-order chi connectivity index (χ0) is 13.9. The monoisotopic (exact) mass is 254 g/mol. The maximum atomic E-state index is 10.9. The van der Waals surface area contributed by atoms with Crippen molar-refractivity contribution in [3.05, 3.63) is 33.9 Å². The molecule has 0 aliphatic heterocycles. The third kappa shape index (κ3) is 3.17. The van der Waals surface area contributed by atoms with Crippen molar-refractivity contribution < 1.29 is 19.6 Å². The van der Waals surface area contributed by atoms with Crippen LogP contribution in [-0.4, -0.2) is 22.0 Å². The first-order chi connectivity index (χ1) is 8.32. The Labute approximate surface area is 103 Å². The standard InChI is InChI=1S/C11H14N2O5/c1-6(14)9-5-8(13(16)17)3-4-10(9)18-7(2)11(12)15/h3-7,14H,1-2H3,(H2,12,15). The normalized spacial score (nSPS) is 13.7. The predicted octanol–water partition coefficient (Wildman–Crippen LogP) is 0.901. The fourth-order valence-corrected chi connectivity index (χ4v) is 1.33. The minimum atomic E-state index is -0.958. The van der Waals surface area contributed by atoms with E-state index in [0.717, 1.165) is 0 Å². The van der Waals surface area contributed by atoms with Crippen molar-refractivity contribution >= 4 is 11.6 Å². The van der Waals surface area contributed by atoms with Crippen LogP contribution < -0.4 is 10.5 Å². The summed E-state index contributed by atoms with van der Waals surface area (Å²) in [5.41, 5.74) is 5.13. The number of benzene rings is 1. The fourth-order valence-electron chi connectivity index (χ4n) is 1.33. The summed E-state index contributed by atoms with van der Waals surface area (Å²) in [5, 5.41) is 20.2. The number of hydrogen-bond donors (Lipinski definition) is 2. The van der Waals surface area contributed by atoms with Gasteiger partial charge < -0.3 is 15.6 Å². The first kappa shape index (κ1) is 13.9. The number of ether oxygens (including phenoxy) is 1. The van der Waals surface area contributed by atoms with Crippen LogP contribution in [0.1, 0.15) is 25.5 Å². The van der Waals surface area contributed by atoms with E-state index >= 15 is 0 Å². The van der Waals surface area contributed by atoms with Crippen molar-refractivity contribution in [2.24, 2.45) is 5.73 Å². The first-order valence-corrected chi connectivity index (χ1v) is 5.25. The number of nitrogens with zero attached hydrogens (tertiary/aromatic N) is 1. The van der Waals surface area contributed by atoms with Gasteiger partial charge in [-0.3, -0.25) is 14.9 Å². The second-order valence-electron chi connectivity index (χ2n) is 3.82. The highest BCUT2D eigenvalue weighted by atomic mass is 16.6. The second kappa shape index (κ2) is 5.46. The van der Waals surface area contributed by atoms with Gasteiger partial charge in [0, 0.05) is 17.7 Å². The number of nitrogens with two attached hydrogens (primary N) is 1. The molecule has 0 saturated heterocycles. The summed E-state index contributed by atoms with van der Waals surface area (Å²) < 4.78 is 5.25. The average Bonchev–Trinajstić information content (AvgIpc) is 2.28. The lowest BCUT2D eigenvalue weighted by Crippen LogP contribution is -2.31. The highest BCUT2D eigenvalue weighted by Crippen LogP contribution is 2.29. The molecule has 0 aromatic heterocycles. The summed E-state index contributed by atoms with van der Waals surface area (Å²) in [4.78, 5) is 20.9. The van der Waals surface area contributed by atoms with E-state index in [9.17, 15) is 20.0 Å². The van der Waals surface area contributed by atoms with Gasteiger partial charge in [-0.15, -0.1) is 0 Å². The summed E-state index contributed by atoms with van der Waals surface area (Å²) in [6.07, 6.45) is -1.84. The van der Waals surface area contributed by atoms with E-state index in [2.05, 4.69) is 0 Å². The molecule has 0 radical (unpaired) electrons. The van der Waals surface area contributed by atoms with Gasteiger partial charge in [0.25, 0.3) is 11.6 Å². The van der Waals surface area contributed by atoms with Crippen LogP contribution >= 0.6 is 0 Å². The maximum absolute atomic E-state index is 10.9. The lowest BCUT2D eigenvalue weighted by atomic mass is 10.1. The van der Waals surface area contributed by atoms with Gasteiger partial charge in [0.15, 0.2) is 6.10 Å². The number of nitro groups is 1. The average molecular weight is 254 g/mol. The van der Waals surface area contributed by atoms with Crippen LogP contribution in [0.4, 0.5) is 5.69 Å². The summed E-state index contributed by atoms with van der Waals surface area (Å²) in [5.74, 6) is -0.466. The zero-order valence-corrected chi connectivity index (χ0v) is 9.99. The summed E-state index contributed by atoms with van der Waals surface area (Å²) in [6, 6.07) is 3.77. The molecule has 1 aromatic carbocycles. The molecule has 2 unspecified atom stereocenters. The highest BCUT2D eigenvalue weighted by Gasteiger charge is 2.18. The van der Waals surface area contributed by atoms with Gasteiger partial charge in [-0.2, -0.15) is 0 Å². The van der Waals surface area contributed by atoms with E-state index in [1.54, 1.807) is 0 Å². The molecule has 0 saturated carbocycles. The van der Waals surface area contributed by atoms with Crippen molar-refractivity contribution in [3.63, 3.8) is 0 Å². The third-order valence-electron chi connectivity index (χ3n) is 2.36. The number of rotatable bonds is 5. The van der Waals surface area contributed by atoms with Crippen LogP contribution in [0.2, 0.25) is 0 Å². The van der Waals surface area contributed by atoms with Gasteiger partial charge in [-0.25, -0.2) is 0 Å². The Balaban J connectivity index is 3.11. The molecule has 0 heterocycles. The first-order valence-electron chi connectivity index (χ1n) is 5.25. The zero-order valence-electron chi connectivity index (χ0n) is 9.99. The molecule has 7 nitrogen and oxygen atoms in total. The van der Waals surface area contributed by atoms with E-state index in [0.29, 0.717) is 0 Å². The SMILES string of the molecule is CC(Oc1ccc([N+](=O)[O-])cc1C(C)O)C(N)=O. The van der Waals surface area contributed by atoms with Gasteiger partial charge in [-0.1, -0.05) is 0 Å². The molecule has 0 spiro atoms. The molecule has 1 aromatic rings. The number of hydrogen-bond acceptors (Lipinski definition) is 5. The summed E-state index contributed by atoms with van der Waals surface area (Å²) >= 11 is 0. The Morgan fingerprint density at radius 2 is 2.11 bits per heavy atom. The number of carbonyl (C=O) groups is 1. The molecule has 1 rings (SSSR count). The van der Waals surface area contributed by atoms with Crippen LogP contribution in [0.3, 0.4) is 0 Å². The van der Waals surface area contributed by atoms with Crippen molar-refractivity contribution in [3.8, 4) is 5.75 Å². The Bertz CT molecular complexity index is 473. The van der Waals surface area contributed by atoms with Crippen LogP contribution in [0.25, 0.3) is 0 Å². The molecular formula is C11H14N2O5. The number of amides is 1. The van der Waals surface area contributed by atoms with Gasteiger partial charge >= 0.3 is 0 Å². The number of non-ortho nitro benzene ring substituents is 1. The largest absolute Gasteiger partial charge is 0.481 e. The molecule has 7 heteroatoms. The predicted molar refractivity (Wildman–Crippen MR) is 63.0 cm³/mol. The lowest BCUT2D eigenvalue weighted by molar-refractivity contribution is -0.385. The van der Waals surface area contributed by atoms with Crippen molar-refractivity contribution in [1.29, 1.82) is 0 Å². The lowest BCUT2D eigenvalue weighted by Gasteiger charge is -2.16. The Kier molecular flexibility index (Phi) is 4.22. The van der Waals surface area contributed by atoms with Gasteiger partial charge in [0.1, 0.15) is 5.75 Å². The Morgan fingerprint density at radius 1 is 1.50 bits per heavy atom. The number of nitro benzene ring substituents is 1. The van der Waals surface area contributed by atoms with E-state index in [1.807, 2.05) is 0 Å². The molecule has 0 bridgehead atoms. The van der Waals surface area contributed by atoms with E-state index in [-0.39, 0.29) is 17.0 Å². The molecule has 2 atom stereocenters. The Morgan fingerprint density at radius 3 is 2.56 bits per heavy atom. The topological polar surface area (TPSA) is 116 Å². The highest BCUT2D eigenvalue weighted by molar-refractivity contribution is 5.78. The van der Waals surface area contributed by atoms with Gasteiger partial charge in [0.2, 0.25) is 0 Å². The number of carbonyl (C=O) groups excluding carboxylic acids is 1. The molecule has 98 valence electrons. The molecule has 3 N–H and O–H groups in total. The van der Waals surface area contributed by atoms with E-state index in [4.69, 9.17) is 10.5 Å². The molecule has 18 heavy (non-hydrogen) atoms. The number of aliphatic hydroxyl groups excluding tert-OH is 1. The van der Waals surface area contributed by atoms with Crippen LogP contribution in [-0.2, 0) is 4.79 Å². The van der Waals surface area contributed by atoms with E-state index in [1.165, 1.54) is 32.0 Å². The van der Waals surface area contributed by atoms with Gasteiger partial charge in [-0.05, 0) is 19.9 Å².